The average Bonchev–Trinajstić information content (AvgIpc) is 2.91. The summed E-state index contributed by atoms with van der Waals surface area (Å²) >= 11 is 5.53. The lowest BCUT2D eigenvalue weighted by atomic mass is 10.2. The number of nitrogens with two attached hydrogens (primary N) is 1. The number of carboxylic acid groups (broad SMARTS) is 1. The summed E-state index contributed by atoms with van der Waals surface area (Å²) in [7, 11) is 0. The van der Waals surface area contributed by atoms with Crippen LogP contribution in [-0.4, -0.2) is 33.1 Å². The number of alkyl halides is 3. The molecule has 10 nitrogen and oxygen atoms in total. The van der Waals surface area contributed by atoms with Gasteiger partial charge in [-0.3, -0.25) is 9.78 Å². The van der Waals surface area contributed by atoms with Gasteiger partial charge in [0.25, 0.3) is 5.91 Å². The van der Waals surface area contributed by atoms with Crippen molar-refractivity contribution < 1.29 is 46.9 Å². The maximum Gasteiger partial charge on any atom is 0.417 e. The molecule has 0 aliphatic heterocycles. The fourth-order valence-corrected chi connectivity index (χ4v) is 3.39. The third kappa shape index (κ3) is 8.56. The van der Waals surface area contributed by atoms with Crippen molar-refractivity contribution in [1.29, 1.82) is 0 Å². The second-order valence-electron chi connectivity index (χ2n) is 8.08. The van der Waals surface area contributed by atoms with Crippen LogP contribution in [-0.2, 0) is 6.18 Å². The summed E-state index contributed by atoms with van der Waals surface area (Å²) in [5.41, 5.74) is 3.44. The van der Waals surface area contributed by atoms with Crippen molar-refractivity contribution in [3.05, 3.63) is 107 Å². The number of carboxylic acids is 1. The molecular formula is C27H19ClF4N4O6. The van der Waals surface area contributed by atoms with Crippen LogP contribution in [0, 0.1) is 5.82 Å². The molecule has 42 heavy (non-hydrogen) atoms. The second-order valence-corrected chi connectivity index (χ2v) is 8.49. The number of aromatic nitrogens is 1. The molecule has 4 aromatic rings. The number of pyridine rings is 1. The number of nitrogens with zero attached hydrogens (tertiary/aromatic N) is 1. The van der Waals surface area contributed by atoms with E-state index in [4.69, 9.17) is 32.3 Å². The molecule has 0 aliphatic rings. The van der Waals surface area contributed by atoms with Crippen molar-refractivity contribution in [2.24, 2.45) is 5.73 Å². The maximum absolute atomic E-state index is 14.4. The van der Waals surface area contributed by atoms with Gasteiger partial charge in [0.1, 0.15) is 34.3 Å². The van der Waals surface area contributed by atoms with E-state index in [9.17, 15) is 31.9 Å². The zero-order valence-corrected chi connectivity index (χ0v) is 21.7. The Morgan fingerprint density at radius 2 is 1.62 bits per heavy atom. The molecule has 1 aromatic heterocycles. The fraction of sp³-hybridized carbons (Fsp3) is 0.0370. The molecule has 0 fully saturated rings. The molecule has 15 heteroatoms. The Bertz CT molecular complexity index is 1630. The number of phenols is 1. The van der Waals surface area contributed by atoms with Gasteiger partial charge in [0, 0.05) is 24.0 Å². The zero-order chi connectivity index (χ0) is 31.0. The van der Waals surface area contributed by atoms with E-state index in [1.54, 1.807) is 12.1 Å². The minimum Gasteiger partial charge on any atom is -0.507 e. The molecular weight excluding hydrogens is 588 g/mol. The quantitative estimate of drug-likeness (QED) is 0.156. The van der Waals surface area contributed by atoms with Crippen LogP contribution in [0.25, 0.3) is 0 Å². The summed E-state index contributed by atoms with van der Waals surface area (Å²) in [5.74, 6) is -2.74. The van der Waals surface area contributed by atoms with E-state index in [2.05, 4.69) is 15.6 Å². The number of urea groups is 1. The van der Waals surface area contributed by atoms with Crippen LogP contribution in [0.1, 0.15) is 26.4 Å². The summed E-state index contributed by atoms with van der Waals surface area (Å²) in [6.45, 7) is 0. The number of halogens is 5. The van der Waals surface area contributed by atoms with Gasteiger partial charge in [0.05, 0.1) is 16.3 Å². The molecule has 0 aliphatic carbocycles. The van der Waals surface area contributed by atoms with Gasteiger partial charge in [-0.25, -0.2) is 14.0 Å². The van der Waals surface area contributed by atoms with Gasteiger partial charge in [0.2, 0.25) is 0 Å². The number of anilines is 2. The van der Waals surface area contributed by atoms with E-state index in [1.165, 1.54) is 48.7 Å². The van der Waals surface area contributed by atoms with Gasteiger partial charge in [0.15, 0.2) is 0 Å². The van der Waals surface area contributed by atoms with E-state index in [-0.39, 0.29) is 39.9 Å². The van der Waals surface area contributed by atoms with Crippen LogP contribution in [0.15, 0.2) is 79.0 Å². The van der Waals surface area contributed by atoms with E-state index >= 15 is 0 Å². The molecule has 0 radical (unpaired) electrons. The van der Waals surface area contributed by atoms with Gasteiger partial charge in [-0.2, -0.15) is 13.2 Å². The topological polar surface area (TPSA) is 164 Å². The predicted octanol–water partition coefficient (Wildman–Crippen LogP) is 6.52. The summed E-state index contributed by atoms with van der Waals surface area (Å²) in [6, 6.07) is 13.8. The van der Waals surface area contributed by atoms with Crippen molar-refractivity contribution in [2.45, 2.75) is 6.18 Å². The third-order valence-electron chi connectivity index (χ3n) is 5.07. The molecule has 0 spiro atoms. The van der Waals surface area contributed by atoms with Crippen molar-refractivity contribution >= 4 is 40.9 Å². The van der Waals surface area contributed by atoms with Crippen molar-refractivity contribution in [2.75, 3.05) is 10.6 Å². The number of aromatic carboxylic acids is 1. The van der Waals surface area contributed by atoms with Gasteiger partial charge in [-0.05, 0) is 48.5 Å². The summed E-state index contributed by atoms with van der Waals surface area (Å²) in [4.78, 5) is 37.2. The van der Waals surface area contributed by atoms with Crippen LogP contribution < -0.4 is 21.1 Å². The third-order valence-corrected chi connectivity index (χ3v) is 5.40. The Hall–Kier alpha value is -5.37. The number of carbonyl (C=O) groups is 3. The van der Waals surface area contributed by atoms with Crippen molar-refractivity contribution in [3.63, 3.8) is 0 Å². The molecule has 0 saturated carbocycles. The smallest absolute Gasteiger partial charge is 0.417 e. The van der Waals surface area contributed by atoms with E-state index in [0.29, 0.717) is 6.07 Å². The number of carbonyl (C=O) groups excluding carboxylic acids is 2. The highest BCUT2D eigenvalue weighted by atomic mass is 35.5. The molecule has 0 atom stereocenters. The molecule has 1 heterocycles. The first-order valence-electron chi connectivity index (χ1n) is 11.4. The van der Waals surface area contributed by atoms with Crippen LogP contribution in [0.5, 0.6) is 17.2 Å². The number of hydrogen-bond acceptors (Lipinski definition) is 6. The Morgan fingerprint density at radius 3 is 2.21 bits per heavy atom. The second kappa shape index (κ2) is 13.3. The highest BCUT2D eigenvalue weighted by Crippen LogP contribution is 2.36. The van der Waals surface area contributed by atoms with Crippen LogP contribution >= 0.6 is 11.6 Å². The van der Waals surface area contributed by atoms with Crippen molar-refractivity contribution in [3.8, 4) is 17.2 Å². The maximum atomic E-state index is 14.4. The number of para-hydroxylation sites is 1. The first-order valence-corrected chi connectivity index (χ1v) is 11.8. The number of primary amides is 1. The largest absolute Gasteiger partial charge is 0.507 e. The number of aromatic hydroxyl groups is 1. The molecule has 3 amide bonds. The van der Waals surface area contributed by atoms with Gasteiger partial charge in [-0.1, -0.05) is 23.7 Å². The molecule has 0 saturated heterocycles. The zero-order valence-electron chi connectivity index (χ0n) is 20.9. The lowest BCUT2D eigenvalue weighted by molar-refractivity contribution is -0.137. The lowest BCUT2D eigenvalue weighted by Crippen LogP contribution is -2.20. The number of ether oxygens (including phenoxy) is 1. The van der Waals surface area contributed by atoms with Crippen LogP contribution in [0.2, 0.25) is 5.02 Å². The first kappa shape index (κ1) is 31.2. The summed E-state index contributed by atoms with van der Waals surface area (Å²) in [6.07, 6.45) is -3.42. The SMILES string of the molecule is NC(=O)c1cc(Oc2ccc(NC(=O)Nc3ccc(Cl)c(C(F)(F)F)c3)c(F)c2)ccn1.O=C(O)c1ccccc1O. The summed E-state index contributed by atoms with van der Waals surface area (Å²) in [5, 5.41) is 21.1. The molecule has 3 aromatic carbocycles. The fourth-order valence-electron chi connectivity index (χ4n) is 3.17. The lowest BCUT2D eigenvalue weighted by Gasteiger charge is -2.13. The Morgan fingerprint density at radius 1 is 0.929 bits per heavy atom. The molecule has 0 bridgehead atoms. The highest BCUT2D eigenvalue weighted by molar-refractivity contribution is 6.31. The number of hydrogen-bond donors (Lipinski definition) is 5. The van der Waals surface area contributed by atoms with E-state index in [0.717, 1.165) is 12.1 Å². The molecule has 218 valence electrons. The molecule has 4 rings (SSSR count). The molecule has 0 unspecified atom stereocenters. The van der Waals surface area contributed by atoms with E-state index in [1.807, 2.05) is 0 Å². The monoisotopic (exact) mass is 606 g/mol. The van der Waals surface area contributed by atoms with Gasteiger partial charge >= 0.3 is 18.2 Å². The van der Waals surface area contributed by atoms with Gasteiger partial charge in [-0.15, -0.1) is 0 Å². The van der Waals surface area contributed by atoms with E-state index < -0.39 is 40.5 Å². The standard InChI is InChI=1S/C20H13ClF4N4O3.C7H6O3/c21-14-3-1-10(7-13(14)20(23,24)25)28-19(31)29-16-4-2-11(8-15(16)22)32-12-5-6-27-17(9-12)18(26)30;8-6-4-2-1-3-5(6)7(9)10/h1-9H,(H2,26,30)(H2,28,29,31);1-4,8H,(H,9,10). The Balaban J connectivity index is 0.000000408. The molecule has 6 N–H and O–H groups in total. The van der Waals surface area contributed by atoms with Crippen LogP contribution in [0.3, 0.4) is 0 Å². The normalized spacial score (nSPS) is 10.6. The first-order chi connectivity index (χ1) is 19.7. The minimum atomic E-state index is -4.71. The highest BCUT2D eigenvalue weighted by Gasteiger charge is 2.33. The number of amides is 3. The Kier molecular flexibility index (Phi) is 9.89. The number of benzene rings is 3. The average molecular weight is 607 g/mol. The van der Waals surface area contributed by atoms with Crippen LogP contribution in [0.4, 0.5) is 33.7 Å². The van der Waals surface area contributed by atoms with Crippen molar-refractivity contribution in [1.82, 2.24) is 4.98 Å². The minimum absolute atomic E-state index is 0.0441. The van der Waals surface area contributed by atoms with Gasteiger partial charge < -0.3 is 31.3 Å². The number of rotatable bonds is 6. The predicted molar refractivity (Wildman–Crippen MR) is 143 cm³/mol. The Labute approximate surface area is 239 Å². The number of nitrogens with one attached hydrogen (secondary N) is 2. The summed E-state index contributed by atoms with van der Waals surface area (Å²) < 4.78 is 58.5.